The molecule has 7 nitrogen and oxygen atoms in total. The number of amides is 1. The van der Waals surface area contributed by atoms with E-state index in [1.807, 2.05) is 43.3 Å². The Balaban J connectivity index is 1.49. The van der Waals surface area contributed by atoms with Gasteiger partial charge in [0.15, 0.2) is 11.0 Å². The fraction of sp³-hybridized carbons (Fsp3) is 0.542. The third-order valence-corrected chi connectivity index (χ3v) is 6.64. The summed E-state index contributed by atoms with van der Waals surface area (Å²) in [6.45, 7) is 6.66. The zero-order valence-electron chi connectivity index (χ0n) is 18.6. The van der Waals surface area contributed by atoms with Gasteiger partial charge in [-0.1, -0.05) is 41.9 Å². The molecule has 2 fully saturated rings. The van der Waals surface area contributed by atoms with E-state index < -0.39 is 6.09 Å². The van der Waals surface area contributed by atoms with Gasteiger partial charge in [-0.05, 0) is 62.3 Å². The van der Waals surface area contributed by atoms with E-state index in [9.17, 15) is 4.79 Å². The summed E-state index contributed by atoms with van der Waals surface area (Å²) in [7, 11) is 0. The van der Waals surface area contributed by atoms with Crippen molar-refractivity contribution in [3.8, 4) is 0 Å². The van der Waals surface area contributed by atoms with Crippen molar-refractivity contribution in [2.45, 2.75) is 45.3 Å². The second kappa shape index (κ2) is 11.1. The number of hydrogen-bond donors (Lipinski definition) is 0. The van der Waals surface area contributed by atoms with Gasteiger partial charge in [0.2, 0.25) is 0 Å². The summed E-state index contributed by atoms with van der Waals surface area (Å²) in [6.07, 6.45) is 3.73. The molecule has 1 amide bonds. The van der Waals surface area contributed by atoms with Crippen LogP contribution in [0.3, 0.4) is 0 Å². The molecule has 3 heterocycles. The van der Waals surface area contributed by atoms with Gasteiger partial charge in [-0.3, -0.25) is 4.90 Å². The summed E-state index contributed by atoms with van der Waals surface area (Å²) < 4.78 is 11.2. The Hall–Kier alpha value is -2.22. The second-order valence-electron chi connectivity index (χ2n) is 8.70. The molecule has 0 spiro atoms. The van der Waals surface area contributed by atoms with Gasteiger partial charge in [0.1, 0.15) is 6.61 Å². The van der Waals surface area contributed by atoms with Crippen LogP contribution in [0.5, 0.6) is 0 Å². The highest BCUT2D eigenvalue weighted by molar-refractivity contribution is 6.30. The van der Waals surface area contributed by atoms with Gasteiger partial charge in [0.25, 0.3) is 0 Å². The van der Waals surface area contributed by atoms with Gasteiger partial charge in [-0.25, -0.2) is 4.79 Å². The van der Waals surface area contributed by atoms with Crippen molar-refractivity contribution in [2.24, 2.45) is 5.92 Å². The molecule has 0 saturated carbocycles. The molecule has 8 heteroatoms. The Morgan fingerprint density at radius 1 is 1.22 bits per heavy atom. The SMILES string of the molecule is Cc1cc(N(C(=O)OCc2ccccc2)[C@@H]2CCCN(CC3CCOCC3)C2)nnc1Cl. The third-order valence-electron chi connectivity index (χ3n) is 6.26. The number of hydrogen-bond acceptors (Lipinski definition) is 6. The van der Waals surface area contributed by atoms with E-state index in [0.717, 1.165) is 69.7 Å². The molecular formula is C24H31ClN4O3. The Labute approximate surface area is 194 Å². The molecule has 0 bridgehead atoms. The molecule has 0 unspecified atom stereocenters. The van der Waals surface area contributed by atoms with Crippen molar-refractivity contribution in [1.82, 2.24) is 15.1 Å². The molecule has 0 radical (unpaired) electrons. The lowest BCUT2D eigenvalue weighted by molar-refractivity contribution is 0.0480. The summed E-state index contributed by atoms with van der Waals surface area (Å²) in [5.74, 6) is 1.14. The summed E-state index contributed by atoms with van der Waals surface area (Å²) in [6, 6.07) is 11.5. The number of benzene rings is 1. The van der Waals surface area contributed by atoms with E-state index in [-0.39, 0.29) is 12.6 Å². The molecule has 2 saturated heterocycles. The minimum Gasteiger partial charge on any atom is -0.444 e. The highest BCUT2D eigenvalue weighted by Crippen LogP contribution is 2.26. The number of ether oxygens (including phenoxy) is 2. The number of likely N-dealkylation sites (tertiary alicyclic amines) is 1. The third kappa shape index (κ3) is 5.97. The van der Waals surface area contributed by atoms with Crippen molar-refractivity contribution >= 4 is 23.5 Å². The fourth-order valence-corrected chi connectivity index (χ4v) is 4.59. The van der Waals surface area contributed by atoms with Gasteiger partial charge >= 0.3 is 6.09 Å². The molecule has 172 valence electrons. The molecule has 0 aliphatic carbocycles. The number of anilines is 1. The molecule has 1 aromatic heterocycles. The maximum atomic E-state index is 13.3. The van der Waals surface area contributed by atoms with E-state index in [1.165, 1.54) is 0 Å². The highest BCUT2D eigenvalue weighted by Gasteiger charge is 2.33. The molecular weight excluding hydrogens is 428 g/mol. The van der Waals surface area contributed by atoms with Crippen LogP contribution in [0.15, 0.2) is 36.4 Å². The molecule has 32 heavy (non-hydrogen) atoms. The molecule has 4 rings (SSSR count). The molecule has 2 aliphatic heterocycles. The van der Waals surface area contributed by atoms with Gasteiger partial charge in [0, 0.05) is 26.3 Å². The maximum Gasteiger partial charge on any atom is 0.416 e. The lowest BCUT2D eigenvalue weighted by Crippen LogP contribution is -2.52. The lowest BCUT2D eigenvalue weighted by Gasteiger charge is -2.39. The Bertz CT molecular complexity index is 892. The predicted molar refractivity (Wildman–Crippen MR) is 124 cm³/mol. The molecule has 1 aromatic carbocycles. The normalized spacial score (nSPS) is 20.1. The average molecular weight is 459 g/mol. The van der Waals surface area contributed by atoms with Crippen LogP contribution in [0.2, 0.25) is 5.15 Å². The molecule has 2 aromatic rings. The number of aryl methyl sites for hydroxylation is 1. The quantitative estimate of drug-likeness (QED) is 0.636. The van der Waals surface area contributed by atoms with E-state index in [0.29, 0.717) is 16.9 Å². The lowest BCUT2D eigenvalue weighted by atomic mass is 9.97. The van der Waals surface area contributed by atoms with Crippen molar-refractivity contribution in [3.63, 3.8) is 0 Å². The first-order valence-electron chi connectivity index (χ1n) is 11.4. The number of rotatable bonds is 6. The van der Waals surface area contributed by atoms with E-state index in [4.69, 9.17) is 21.1 Å². The van der Waals surface area contributed by atoms with Crippen LogP contribution < -0.4 is 4.90 Å². The first kappa shape index (κ1) is 23.0. The number of halogens is 1. The van der Waals surface area contributed by atoms with E-state index >= 15 is 0 Å². The minimum atomic E-state index is -0.400. The number of aromatic nitrogens is 2. The van der Waals surface area contributed by atoms with Crippen molar-refractivity contribution < 1.29 is 14.3 Å². The first-order chi connectivity index (χ1) is 15.6. The topological polar surface area (TPSA) is 67.8 Å². The number of carbonyl (C=O) groups excluding carboxylic acids is 1. The summed E-state index contributed by atoms with van der Waals surface area (Å²) in [4.78, 5) is 17.4. The van der Waals surface area contributed by atoms with Crippen LogP contribution >= 0.6 is 11.6 Å². The predicted octanol–water partition coefficient (Wildman–Crippen LogP) is 4.47. The van der Waals surface area contributed by atoms with Crippen molar-refractivity contribution in [1.29, 1.82) is 0 Å². The number of piperidine rings is 1. The number of nitrogens with zero attached hydrogens (tertiary/aromatic N) is 4. The average Bonchev–Trinajstić information content (AvgIpc) is 2.82. The Morgan fingerprint density at radius 3 is 2.75 bits per heavy atom. The van der Waals surface area contributed by atoms with Crippen LogP contribution in [0.1, 0.15) is 36.8 Å². The van der Waals surface area contributed by atoms with Crippen molar-refractivity contribution in [3.05, 3.63) is 52.7 Å². The molecule has 1 atom stereocenters. The second-order valence-corrected chi connectivity index (χ2v) is 9.06. The largest absolute Gasteiger partial charge is 0.444 e. The first-order valence-corrected chi connectivity index (χ1v) is 11.8. The maximum absolute atomic E-state index is 13.3. The standard InChI is InChI=1S/C24H31ClN4O3/c1-18-14-22(26-27-23(18)25)29(24(30)32-17-20-6-3-2-4-7-20)21-8-5-11-28(16-21)15-19-9-12-31-13-10-19/h2-4,6-7,14,19,21H,5,8-13,15-17H2,1H3/t21-/m1/s1. The zero-order chi connectivity index (χ0) is 22.3. The molecule has 2 aliphatic rings. The van der Waals surface area contributed by atoms with Crippen LogP contribution in [-0.2, 0) is 16.1 Å². The van der Waals surface area contributed by atoms with Gasteiger partial charge in [0.05, 0.1) is 6.04 Å². The summed E-state index contributed by atoms with van der Waals surface area (Å²) >= 11 is 6.10. The summed E-state index contributed by atoms with van der Waals surface area (Å²) in [5.41, 5.74) is 1.73. The summed E-state index contributed by atoms with van der Waals surface area (Å²) in [5, 5.41) is 8.63. The Morgan fingerprint density at radius 2 is 2.00 bits per heavy atom. The highest BCUT2D eigenvalue weighted by atomic mass is 35.5. The van der Waals surface area contributed by atoms with Crippen LogP contribution in [0, 0.1) is 12.8 Å². The van der Waals surface area contributed by atoms with Crippen LogP contribution in [-0.4, -0.2) is 60.1 Å². The van der Waals surface area contributed by atoms with E-state index in [2.05, 4.69) is 15.1 Å². The van der Waals surface area contributed by atoms with Gasteiger partial charge in [-0.15, -0.1) is 10.2 Å². The fourth-order valence-electron chi connectivity index (χ4n) is 4.49. The van der Waals surface area contributed by atoms with Crippen LogP contribution in [0.25, 0.3) is 0 Å². The molecule has 0 N–H and O–H groups in total. The smallest absolute Gasteiger partial charge is 0.416 e. The van der Waals surface area contributed by atoms with E-state index in [1.54, 1.807) is 4.90 Å². The minimum absolute atomic E-state index is 0.0262. The monoisotopic (exact) mass is 458 g/mol. The number of carbonyl (C=O) groups is 1. The Kier molecular flexibility index (Phi) is 7.95. The van der Waals surface area contributed by atoms with Crippen molar-refractivity contribution in [2.75, 3.05) is 37.7 Å². The van der Waals surface area contributed by atoms with Gasteiger partial charge in [-0.2, -0.15) is 0 Å². The van der Waals surface area contributed by atoms with Gasteiger partial charge < -0.3 is 14.4 Å². The van der Waals surface area contributed by atoms with Crippen LogP contribution in [0.4, 0.5) is 10.6 Å². The zero-order valence-corrected chi connectivity index (χ0v) is 19.3.